The number of piperidine rings is 1. The smallest absolute Gasteiger partial charge is 0.322 e. The molecule has 9 rings (SSSR count). The minimum absolute atomic E-state index is 0.0391. The van der Waals surface area contributed by atoms with E-state index in [1.54, 1.807) is 7.11 Å². The van der Waals surface area contributed by atoms with Gasteiger partial charge in [-0.1, -0.05) is 37.3 Å². The molecule has 12 nitrogen and oxygen atoms in total. The number of fused-ring (bicyclic) bond motifs is 6. The number of carbonyl (C=O) groups excluding carboxylic acids is 2. The van der Waals surface area contributed by atoms with Crippen molar-refractivity contribution in [2.24, 2.45) is 17.7 Å². The SMILES string of the molecule is CC[C@]1(O)C[C@@H]2CN(CCc3c([nH]c4ccccc34)C(C(=O)OC)(c3cc(OC)cc4c3[C@@]35CCN6CC=CC(C[C@](O)(C(=O)NN)[C@@H]3N4C)[C@H]65)C2)C1. The van der Waals surface area contributed by atoms with Crippen LogP contribution in [-0.2, 0) is 31.6 Å². The Kier molecular flexibility index (Phi) is 7.90. The summed E-state index contributed by atoms with van der Waals surface area (Å²) in [5.41, 5.74) is 2.81. The van der Waals surface area contributed by atoms with Crippen LogP contribution in [0.2, 0.25) is 0 Å². The zero-order valence-electron chi connectivity index (χ0n) is 31.2. The average Bonchev–Trinajstić information content (AvgIpc) is 3.82. The molecule has 3 fully saturated rings. The number of hydrazine groups is 1. The minimum atomic E-state index is -1.84. The lowest BCUT2D eigenvalue weighted by molar-refractivity contribution is -0.153. The van der Waals surface area contributed by atoms with Gasteiger partial charge in [0, 0.05) is 73.0 Å². The molecule has 1 saturated carbocycles. The molecule has 12 heteroatoms. The van der Waals surface area contributed by atoms with E-state index < -0.39 is 34.0 Å². The number of nitrogens with one attached hydrogen (secondary N) is 2. The van der Waals surface area contributed by atoms with Crippen molar-refractivity contribution >= 4 is 28.5 Å². The molecule has 2 saturated heterocycles. The van der Waals surface area contributed by atoms with Crippen LogP contribution in [0.1, 0.15) is 61.4 Å². The zero-order valence-corrected chi connectivity index (χ0v) is 31.2. The number of esters is 1. The Morgan fingerprint density at radius 1 is 1.11 bits per heavy atom. The number of carbonyl (C=O) groups is 2. The number of amides is 1. The van der Waals surface area contributed by atoms with Crippen molar-refractivity contribution in [1.82, 2.24) is 20.2 Å². The molecule has 6 heterocycles. The number of anilines is 1. The third-order valence-corrected chi connectivity index (χ3v) is 14.3. The van der Waals surface area contributed by atoms with Gasteiger partial charge in [0.2, 0.25) is 0 Å². The van der Waals surface area contributed by atoms with Crippen LogP contribution >= 0.6 is 0 Å². The summed E-state index contributed by atoms with van der Waals surface area (Å²) in [6, 6.07) is 11.5. The van der Waals surface area contributed by atoms with Crippen LogP contribution in [0.25, 0.3) is 10.9 Å². The molecule has 2 bridgehead atoms. The predicted octanol–water partition coefficient (Wildman–Crippen LogP) is 2.49. The molecule has 5 aliphatic heterocycles. The molecule has 3 aromatic rings. The fourth-order valence-corrected chi connectivity index (χ4v) is 12.4. The number of methoxy groups -OCH3 is 2. The van der Waals surface area contributed by atoms with Gasteiger partial charge in [0.05, 0.1) is 25.9 Å². The average molecular weight is 725 g/mol. The molecular weight excluding hydrogens is 672 g/mol. The number of aliphatic hydroxyl groups is 2. The van der Waals surface area contributed by atoms with Gasteiger partial charge in [-0.05, 0) is 85.7 Å². The number of ether oxygens (including phenoxy) is 2. The number of rotatable bonds is 5. The van der Waals surface area contributed by atoms with E-state index >= 15 is 4.79 Å². The summed E-state index contributed by atoms with van der Waals surface area (Å²) in [4.78, 5) is 40.0. The summed E-state index contributed by atoms with van der Waals surface area (Å²) in [6.07, 6.45) is 7.40. The maximum absolute atomic E-state index is 15.4. The molecule has 3 unspecified atom stereocenters. The summed E-state index contributed by atoms with van der Waals surface area (Å²) >= 11 is 0. The molecule has 53 heavy (non-hydrogen) atoms. The Morgan fingerprint density at radius 2 is 1.92 bits per heavy atom. The van der Waals surface area contributed by atoms with Gasteiger partial charge in [-0.25, -0.2) is 5.84 Å². The summed E-state index contributed by atoms with van der Waals surface area (Å²) < 4.78 is 12.1. The topological polar surface area (TPSA) is 157 Å². The molecule has 282 valence electrons. The molecule has 1 amide bonds. The van der Waals surface area contributed by atoms with Crippen LogP contribution in [0.3, 0.4) is 0 Å². The molecule has 6 aliphatic rings. The number of hydrogen-bond donors (Lipinski definition) is 5. The first-order valence-corrected chi connectivity index (χ1v) is 19.2. The second kappa shape index (κ2) is 12.0. The van der Waals surface area contributed by atoms with E-state index in [-0.39, 0.29) is 30.3 Å². The summed E-state index contributed by atoms with van der Waals surface area (Å²) in [5.74, 6) is 5.23. The Bertz CT molecular complexity index is 2030. The van der Waals surface area contributed by atoms with Gasteiger partial charge in [-0.15, -0.1) is 0 Å². The third kappa shape index (κ3) is 4.59. The van der Waals surface area contributed by atoms with Gasteiger partial charge in [-0.3, -0.25) is 24.8 Å². The fourth-order valence-electron chi connectivity index (χ4n) is 12.4. The lowest BCUT2D eigenvalue weighted by Crippen LogP contribution is -2.73. The van der Waals surface area contributed by atoms with E-state index in [0.29, 0.717) is 44.4 Å². The maximum atomic E-state index is 15.4. The lowest BCUT2D eigenvalue weighted by Gasteiger charge is -2.56. The van der Waals surface area contributed by atoms with E-state index in [2.05, 4.69) is 49.4 Å². The molecule has 0 radical (unpaired) electrons. The van der Waals surface area contributed by atoms with Gasteiger partial charge in [0.15, 0.2) is 5.60 Å². The summed E-state index contributed by atoms with van der Waals surface area (Å²) in [7, 11) is 5.04. The highest BCUT2D eigenvalue weighted by molar-refractivity contribution is 5.95. The first-order valence-electron chi connectivity index (χ1n) is 19.2. The van der Waals surface area contributed by atoms with Crippen molar-refractivity contribution in [3.05, 3.63) is 70.9 Å². The Hall–Kier alpha value is -3.94. The van der Waals surface area contributed by atoms with E-state index in [9.17, 15) is 15.0 Å². The van der Waals surface area contributed by atoms with Gasteiger partial charge < -0.3 is 29.6 Å². The van der Waals surface area contributed by atoms with E-state index in [1.807, 2.05) is 38.2 Å². The van der Waals surface area contributed by atoms with Crippen LogP contribution in [0.4, 0.5) is 5.69 Å². The van der Waals surface area contributed by atoms with Gasteiger partial charge in [0.1, 0.15) is 11.2 Å². The maximum Gasteiger partial charge on any atom is 0.322 e. The normalized spacial score (nSPS) is 37.1. The van der Waals surface area contributed by atoms with Crippen molar-refractivity contribution in [3.63, 3.8) is 0 Å². The number of H-pyrrole nitrogens is 1. The van der Waals surface area contributed by atoms with Crippen molar-refractivity contribution in [2.75, 3.05) is 58.9 Å². The summed E-state index contributed by atoms with van der Waals surface area (Å²) in [5, 5.41) is 25.8. The van der Waals surface area contributed by atoms with Crippen molar-refractivity contribution in [1.29, 1.82) is 0 Å². The number of nitrogens with zero attached hydrogens (tertiary/aromatic N) is 3. The van der Waals surface area contributed by atoms with E-state index in [4.69, 9.17) is 15.3 Å². The quantitative estimate of drug-likeness (QED) is 0.0872. The van der Waals surface area contributed by atoms with Gasteiger partial charge in [-0.2, -0.15) is 0 Å². The number of para-hydroxylation sites is 1. The van der Waals surface area contributed by atoms with Crippen molar-refractivity contribution in [2.45, 2.75) is 79.6 Å². The standard InChI is InChI=1S/C41H52N6O6/c1-5-38(50)19-24-20-40(37(49)53-4,33-28(12-15-46(22-24)23-38)27-10-6-7-11-30(27)43-33)29-17-26(52-3)18-31-32(29)39-13-16-47-14-8-9-25(34(39)47)21-41(51,36(48)44-42)35(39)45(31)2/h6-11,17-18,24-25,34-35,43,50-51H,5,12-16,19-23,42H2,1-4H3,(H,44,48)/t24-,25?,34-,35+,38-,39+,40?,41+/m0/s1. The molecule has 1 spiro atoms. The summed E-state index contributed by atoms with van der Waals surface area (Å²) in [6.45, 7) is 5.64. The number of likely N-dealkylation sites (N-methyl/N-ethyl adjacent to an activating group) is 1. The Morgan fingerprint density at radius 3 is 2.68 bits per heavy atom. The Labute approximate surface area is 310 Å². The largest absolute Gasteiger partial charge is 0.497 e. The highest BCUT2D eigenvalue weighted by Gasteiger charge is 2.73. The predicted molar refractivity (Wildman–Crippen MR) is 201 cm³/mol. The highest BCUT2D eigenvalue weighted by Crippen LogP contribution is 2.65. The van der Waals surface area contributed by atoms with E-state index in [1.165, 1.54) is 7.11 Å². The van der Waals surface area contributed by atoms with Crippen molar-refractivity contribution < 1.29 is 29.3 Å². The number of benzene rings is 2. The molecular formula is C41H52N6O6. The lowest BCUT2D eigenvalue weighted by atomic mass is 9.53. The van der Waals surface area contributed by atoms with Crippen LogP contribution in [0.5, 0.6) is 5.75 Å². The number of hydrogen-bond acceptors (Lipinski definition) is 10. The van der Waals surface area contributed by atoms with Gasteiger partial charge >= 0.3 is 5.97 Å². The van der Waals surface area contributed by atoms with Crippen LogP contribution in [0, 0.1) is 11.8 Å². The Balaban J connectivity index is 1.40. The molecule has 1 aromatic heterocycles. The van der Waals surface area contributed by atoms with Crippen LogP contribution in [-0.4, -0.2) is 114 Å². The fraction of sp³-hybridized carbons (Fsp3) is 0.561. The van der Waals surface area contributed by atoms with Crippen LogP contribution < -0.4 is 20.9 Å². The third-order valence-electron chi connectivity index (χ3n) is 14.3. The zero-order chi connectivity index (χ0) is 37.1. The molecule has 1 aliphatic carbocycles. The monoisotopic (exact) mass is 724 g/mol. The van der Waals surface area contributed by atoms with E-state index in [0.717, 1.165) is 65.2 Å². The van der Waals surface area contributed by atoms with Crippen molar-refractivity contribution in [3.8, 4) is 5.75 Å². The molecule has 2 aromatic carbocycles. The second-order valence-electron chi connectivity index (χ2n) is 16.8. The number of nitrogens with two attached hydrogens (primary N) is 1. The second-order valence-corrected chi connectivity index (χ2v) is 16.8. The van der Waals surface area contributed by atoms with Crippen LogP contribution in [0.15, 0.2) is 48.6 Å². The van der Waals surface area contributed by atoms with Gasteiger partial charge in [0.25, 0.3) is 5.91 Å². The first kappa shape index (κ1) is 34.8. The number of aromatic nitrogens is 1. The first-order chi connectivity index (χ1) is 25.5. The number of aromatic amines is 1. The molecule has 6 N–H and O–H groups in total. The molecule has 9 atom stereocenters. The highest BCUT2D eigenvalue weighted by atomic mass is 16.5. The minimum Gasteiger partial charge on any atom is -0.497 e.